The average Bonchev–Trinajstić information content (AvgIpc) is 3.13. The lowest BCUT2D eigenvalue weighted by atomic mass is 10.2. The van der Waals surface area contributed by atoms with Crippen LogP contribution in [0, 0.1) is 0 Å². The molecule has 0 aliphatic heterocycles. The number of nitrogens with zero attached hydrogens (tertiary/aromatic N) is 3. The van der Waals surface area contributed by atoms with Crippen LogP contribution in [0.1, 0.15) is 23.5 Å². The fourth-order valence-electron chi connectivity index (χ4n) is 2.02. The molecule has 1 atom stereocenters. The van der Waals surface area contributed by atoms with E-state index in [1.165, 1.54) is 0 Å². The molecule has 0 aliphatic rings. The molecule has 0 aromatic carbocycles. The van der Waals surface area contributed by atoms with Crippen LogP contribution in [-0.2, 0) is 13.6 Å². The molecule has 98 valence electrons. The summed E-state index contributed by atoms with van der Waals surface area (Å²) in [6.45, 7) is 0.616. The van der Waals surface area contributed by atoms with Crippen LogP contribution in [0.15, 0.2) is 47.6 Å². The largest absolute Gasteiger partial charge is 0.467 e. The molecule has 3 heterocycles. The number of aromatic amines is 1. The number of hydrogen-bond acceptors (Lipinski definition) is 4. The molecular formula is C13H15N5O. The predicted octanol–water partition coefficient (Wildman–Crippen LogP) is 1.62. The van der Waals surface area contributed by atoms with Crippen LogP contribution in [0.4, 0.5) is 0 Å². The van der Waals surface area contributed by atoms with E-state index in [9.17, 15) is 0 Å². The van der Waals surface area contributed by atoms with Crippen LogP contribution in [0.25, 0.3) is 0 Å². The summed E-state index contributed by atoms with van der Waals surface area (Å²) < 4.78 is 7.47. The Balaban J connectivity index is 1.83. The normalized spacial score (nSPS) is 12.7. The van der Waals surface area contributed by atoms with E-state index in [2.05, 4.69) is 20.3 Å². The Bertz CT molecular complexity index is 611. The van der Waals surface area contributed by atoms with Gasteiger partial charge in [0.15, 0.2) is 0 Å². The number of furan rings is 1. The third-order valence-corrected chi connectivity index (χ3v) is 2.97. The van der Waals surface area contributed by atoms with E-state index in [0.29, 0.717) is 6.54 Å². The second-order valence-electron chi connectivity index (χ2n) is 4.26. The van der Waals surface area contributed by atoms with Gasteiger partial charge in [0.25, 0.3) is 0 Å². The van der Waals surface area contributed by atoms with Crippen molar-refractivity contribution in [1.82, 2.24) is 24.8 Å². The second kappa shape index (κ2) is 5.11. The summed E-state index contributed by atoms with van der Waals surface area (Å²) in [5.41, 5.74) is 0. The lowest BCUT2D eigenvalue weighted by Crippen LogP contribution is -2.24. The van der Waals surface area contributed by atoms with Gasteiger partial charge in [0.05, 0.1) is 12.8 Å². The summed E-state index contributed by atoms with van der Waals surface area (Å²) in [6.07, 6.45) is 8.90. The predicted molar refractivity (Wildman–Crippen MR) is 69.2 cm³/mol. The zero-order valence-corrected chi connectivity index (χ0v) is 10.6. The first-order valence-corrected chi connectivity index (χ1v) is 6.07. The average molecular weight is 257 g/mol. The standard InChI is InChI=1S/C13H15N5O/c1-18-7-6-16-13(18)12(10-3-2-8-19-10)17-9-11-14-4-5-15-11/h2-8,12,17H,9H2,1H3,(H,14,15). The fourth-order valence-corrected chi connectivity index (χ4v) is 2.02. The molecule has 0 saturated heterocycles. The molecule has 3 aromatic heterocycles. The number of hydrogen-bond donors (Lipinski definition) is 2. The summed E-state index contributed by atoms with van der Waals surface area (Å²) in [6, 6.07) is 3.72. The minimum Gasteiger partial charge on any atom is -0.467 e. The van der Waals surface area contributed by atoms with E-state index >= 15 is 0 Å². The highest BCUT2D eigenvalue weighted by molar-refractivity contribution is 5.15. The van der Waals surface area contributed by atoms with Crippen molar-refractivity contribution in [2.45, 2.75) is 12.6 Å². The van der Waals surface area contributed by atoms with Gasteiger partial charge in [-0.2, -0.15) is 0 Å². The Morgan fingerprint density at radius 2 is 2.37 bits per heavy atom. The van der Waals surface area contributed by atoms with Gasteiger partial charge >= 0.3 is 0 Å². The van der Waals surface area contributed by atoms with Gasteiger partial charge < -0.3 is 14.0 Å². The molecule has 6 heteroatoms. The van der Waals surface area contributed by atoms with E-state index in [0.717, 1.165) is 17.4 Å². The molecule has 2 N–H and O–H groups in total. The summed E-state index contributed by atoms with van der Waals surface area (Å²) in [7, 11) is 1.97. The summed E-state index contributed by atoms with van der Waals surface area (Å²) in [5.74, 6) is 2.62. The highest BCUT2D eigenvalue weighted by Crippen LogP contribution is 2.20. The number of rotatable bonds is 5. The number of aryl methyl sites for hydroxylation is 1. The molecule has 0 fully saturated rings. The zero-order chi connectivity index (χ0) is 13.1. The lowest BCUT2D eigenvalue weighted by molar-refractivity contribution is 0.426. The minimum atomic E-state index is -0.0971. The molecule has 1 unspecified atom stereocenters. The Labute approximate surface area is 110 Å². The van der Waals surface area contributed by atoms with Crippen LogP contribution >= 0.6 is 0 Å². The minimum absolute atomic E-state index is 0.0971. The topological polar surface area (TPSA) is 71.7 Å². The van der Waals surface area contributed by atoms with Crippen molar-refractivity contribution in [2.24, 2.45) is 7.05 Å². The van der Waals surface area contributed by atoms with Crippen molar-refractivity contribution in [2.75, 3.05) is 0 Å². The fraction of sp³-hybridized carbons (Fsp3) is 0.231. The molecule has 0 amide bonds. The molecule has 3 aromatic rings. The smallest absolute Gasteiger partial charge is 0.133 e. The molecule has 3 rings (SSSR count). The first kappa shape index (κ1) is 11.7. The van der Waals surface area contributed by atoms with Crippen molar-refractivity contribution in [3.8, 4) is 0 Å². The monoisotopic (exact) mass is 257 g/mol. The molecule has 0 radical (unpaired) electrons. The highest BCUT2D eigenvalue weighted by atomic mass is 16.3. The van der Waals surface area contributed by atoms with Crippen molar-refractivity contribution >= 4 is 0 Å². The number of aromatic nitrogens is 4. The molecule has 0 saturated carbocycles. The van der Waals surface area contributed by atoms with Crippen LogP contribution in [0.3, 0.4) is 0 Å². The van der Waals surface area contributed by atoms with Crippen molar-refractivity contribution in [1.29, 1.82) is 0 Å². The van der Waals surface area contributed by atoms with E-state index in [1.54, 1.807) is 24.9 Å². The lowest BCUT2D eigenvalue weighted by Gasteiger charge is -2.15. The first-order chi connectivity index (χ1) is 9.34. The van der Waals surface area contributed by atoms with Crippen LogP contribution < -0.4 is 5.32 Å². The van der Waals surface area contributed by atoms with Gasteiger partial charge in [-0.05, 0) is 12.1 Å². The Morgan fingerprint density at radius 3 is 3.00 bits per heavy atom. The molecule has 0 bridgehead atoms. The Morgan fingerprint density at radius 1 is 1.42 bits per heavy atom. The van der Waals surface area contributed by atoms with Gasteiger partial charge in [-0.1, -0.05) is 0 Å². The Kier molecular flexibility index (Phi) is 3.16. The summed E-state index contributed by atoms with van der Waals surface area (Å²) in [5, 5.41) is 3.40. The molecule has 19 heavy (non-hydrogen) atoms. The first-order valence-electron chi connectivity index (χ1n) is 6.07. The maximum absolute atomic E-state index is 5.50. The Hall–Kier alpha value is -2.34. The number of H-pyrrole nitrogens is 1. The van der Waals surface area contributed by atoms with Crippen molar-refractivity contribution < 1.29 is 4.42 Å². The highest BCUT2D eigenvalue weighted by Gasteiger charge is 2.20. The van der Waals surface area contributed by atoms with E-state index in [1.807, 2.05) is 29.9 Å². The van der Waals surface area contributed by atoms with E-state index in [4.69, 9.17) is 4.42 Å². The van der Waals surface area contributed by atoms with Crippen molar-refractivity contribution in [3.05, 3.63) is 60.6 Å². The molecule has 0 spiro atoms. The van der Waals surface area contributed by atoms with Gasteiger partial charge in [-0.15, -0.1) is 0 Å². The SMILES string of the molecule is Cn1ccnc1C(NCc1ncc[nH]1)c1ccco1. The van der Waals surface area contributed by atoms with Crippen LogP contribution in [-0.4, -0.2) is 19.5 Å². The van der Waals surface area contributed by atoms with E-state index < -0.39 is 0 Å². The van der Waals surface area contributed by atoms with Gasteiger partial charge in [-0.25, -0.2) is 9.97 Å². The van der Waals surface area contributed by atoms with Crippen LogP contribution in [0.2, 0.25) is 0 Å². The number of imidazole rings is 2. The number of nitrogens with one attached hydrogen (secondary N) is 2. The van der Waals surface area contributed by atoms with Gasteiger partial charge in [0.1, 0.15) is 23.5 Å². The third-order valence-electron chi connectivity index (χ3n) is 2.97. The molecule has 0 aliphatic carbocycles. The van der Waals surface area contributed by atoms with Crippen molar-refractivity contribution in [3.63, 3.8) is 0 Å². The van der Waals surface area contributed by atoms with E-state index in [-0.39, 0.29) is 6.04 Å². The van der Waals surface area contributed by atoms with Gasteiger partial charge in [-0.3, -0.25) is 5.32 Å². The summed E-state index contributed by atoms with van der Waals surface area (Å²) in [4.78, 5) is 11.6. The maximum Gasteiger partial charge on any atom is 0.133 e. The second-order valence-corrected chi connectivity index (χ2v) is 4.26. The molecule has 6 nitrogen and oxygen atoms in total. The van der Waals surface area contributed by atoms with Gasteiger partial charge in [0, 0.05) is 31.8 Å². The summed E-state index contributed by atoms with van der Waals surface area (Å²) >= 11 is 0. The third kappa shape index (κ3) is 2.43. The maximum atomic E-state index is 5.50. The zero-order valence-electron chi connectivity index (χ0n) is 10.6. The van der Waals surface area contributed by atoms with Crippen LogP contribution in [0.5, 0.6) is 0 Å². The molecular weight excluding hydrogens is 242 g/mol. The van der Waals surface area contributed by atoms with Gasteiger partial charge in [0.2, 0.25) is 0 Å². The quantitative estimate of drug-likeness (QED) is 0.728.